The second-order valence-corrected chi connectivity index (χ2v) is 7.81. The summed E-state index contributed by atoms with van der Waals surface area (Å²) >= 11 is 6.21. The molecule has 2 aromatic rings. The highest BCUT2D eigenvalue weighted by Crippen LogP contribution is 2.55. The van der Waals surface area contributed by atoms with Crippen molar-refractivity contribution in [3.8, 4) is 5.75 Å². The highest BCUT2D eigenvalue weighted by molar-refractivity contribution is 6.32. The summed E-state index contributed by atoms with van der Waals surface area (Å²) in [5.74, 6) is 0.165. The van der Waals surface area contributed by atoms with Crippen molar-refractivity contribution >= 4 is 23.5 Å². The molecule has 0 bridgehead atoms. The fourth-order valence-corrected chi connectivity index (χ4v) is 4.02. The van der Waals surface area contributed by atoms with Gasteiger partial charge >= 0.3 is 5.97 Å². The predicted molar refractivity (Wildman–Crippen MR) is 104 cm³/mol. The lowest BCUT2D eigenvalue weighted by atomic mass is 9.90. The third-order valence-electron chi connectivity index (χ3n) is 5.68. The first-order valence-corrected chi connectivity index (χ1v) is 9.63. The molecule has 1 saturated heterocycles. The highest BCUT2D eigenvalue weighted by atomic mass is 35.5. The summed E-state index contributed by atoms with van der Waals surface area (Å²) in [6.07, 6.45) is 6.14. The first-order valence-electron chi connectivity index (χ1n) is 9.25. The molecule has 28 heavy (non-hydrogen) atoms. The molecule has 2 aliphatic rings. The Kier molecular flexibility index (Phi) is 5.12. The van der Waals surface area contributed by atoms with E-state index in [4.69, 9.17) is 26.2 Å². The average Bonchev–Trinajstić information content (AvgIpc) is 3.48. The molecule has 0 radical (unpaired) electrons. The molecule has 1 N–H and O–H groups in total. The summed E-state index contributed by atoms with van der Waals surface area (Å²) in [6.45, 7) is 2.01. The maximum absolute atomic E-state index is 11.0. The van der Waals surface area contributed by atoms with Crippen LogP contribution >= 0.6 is 11.6 Å². The molecule has 7 nitrogen and oxygen atoms in total. The number of anilines is 1. The van der Waals surface area contributed by atoms with E-state index in [1.54, 1.807) is 7.11 Å². The van der Waals surface area contributed by atoms with Crippen molar-refractivity contribution in [1.82, 2.24) is 9.97 Å². The quantitative estimate of drug-likeness (QED) is 0.790. The van der Waals surface area contributed by atoms with E-state index in [1.807, 2.05) is 18.2 Å². The zero-order valence-corrected chi connectivity index (χ0v) is 16.4. The maximum Gasteiger partial charge on any atom is 0.338 e. The molecule has 1 unspecified atom stereocenters. The number of carboxylic acid groups (broad SMARTS) is 1. The molecule has 4 rings (SSSR count). The lowest BCUT2D eigenvalue weighted by Gasteiger charge is -2.39. The van der Waals surface area contributed by atoms with Crippen LogP contribution in [0.3, 0.4) is 0 Å². The van der Waals surface area contributed by atoms with E-state index in [0.29, 0.717) is 29.9 Å². The molecule has 0 amide bonds. The van der Waals surface area contributed by atoms with E-state index in [2.05, 4.69) is 14.9 Å². The van der Waals surface area contributed by atoms with Crippen LogP contribution in [0.25, 0.3) is 0 Å². The molecular formula is C20H22ClN3O4. The number of rotatable bonds is 6. The van der Waals surface area contributed by atoms with Gasteiger partial charge in [0, 0.05) is 30.9 Å². The van der Waals surface area contributed by atoms with Gasteiger partial charge in [0.2, 0.25) is 5.95 Å². The molecule has 2 fully saturated rings. The summed E-state index contributed by atoms with van der Waals surface area (Å²) in [6, 6.07) is 5.67. The van der Waals surface area contributed by atoms with Gasteiger partial charge in [-0.15, -0.1) is 0 Å². The average molecular weight is 404 g/mol. The lowest BCUT2D eigenvalue weighted by molar-refractivity contribution is -0.0166. The van der Waals surface area contributed by atoms with Gasteiger partial charge in [-0.3, -0.25) is 0 Å². The number of aromatic carboxylic acids is 1. The van der Waals surface area contributed by atoms with E-state index >= 15 is 0 Å². The second-order valence-electron chi connectivity index (χ2n) is 7.40. The fraction of sp³-hybridized carbons (Fsp3) is 0.450. The molecule has 1 saturated carbocycles. The van der Waals surface area contributed by atoms with Crippen LogP contribution in [-0.4, -0.2) is 47.3 Å². The Morgan fingerprint density at radius 2 is 2.07 bits per heavy atom. The molecule has 1 spiro atoms. The standard InChI is InChI=1S/C20H22ClN3O4/c1-27-16-3-2-13(8-15(16)21)12-28-17-11-24(7-6-20(17)4-5-20)19-22-9-14(10-23-19)18(25)26/h2-3,8-10,17H,4-7,11-12H2,1H3,(H,25,26). The number of hydrogen-bond donors (Lipinski definition) is 1. The Bertz CT molecular complexity index is 870. The van der Waals surface area contributed by atoms with Crippen LogP contribution < -0.4 is 9.64 Å². The zero-order valence-electron chi connectivity index (χ0n) is 15.6. The highest BCUT2D eigenvalue weighted by Gasteiger charge is 2.52. The van der Waals surface area contributed by atoms with Gasteiger partial charge in [0.1, 0.15) is 5.75 Å². The number of piperidine rings is 1. The van der Waals surface area contributed by atoms with Crippen LogP contribution in [0, 0.1) is 5.41 Å². The summed E-state index contributed by atoms with van der Waals surface area (Å²) < 4.78 is 11.5. The summed E-state index contributed by atoms with van der Waals surface area (Å²) in [5.41, 5.74) is 1.33. The molecule has 1 aliphatic heterocycles. The van der Waals surface area contributed by atoms with Gasteiger partial charge in [0.25, 0.3) is 0 Å². The van der Waals surface area contributed by atoms with Gasteiger partial charge < -0.3 is 19.5 Å². The number of carboxylic acids is 1. The summed E-state index contributed by atoms with van der Waals surface area (Å²) in [5, 5.41) is 9.58. The Hall–Kier alpha value is -2.38. The van der Waals surface area contributed by atoms with Gasteiger partial charge in [0.15, 0.2) is 0 Å². The number of methoxy groups -OCH3 is 1. The van der Waals surface area contributed by atoms with Gasteiger partial charge in [-0.25, -0.2) is 14.8 Å². The van der Waals surface area contributed by atoms with E-state index in [1.165, 1.54) is 25.2 Å². The third-order valence-corrected chi connectivity index (χ3v) is 5.97. The number of ether oxygens (including phenoxy) is 2. The Labute approximate surface area is 168 Å². The van der Waals surface area contributed by atoms with Crippen molar-refractivity contribution in [1.29, 1.82) is 0 Å². The number of nitrogens with zero attached hydrogens (tertiary/aromatic N) is 3. The molecule has 1 aromatic heterocycles. The molecule has 1 aliphatic carbocycles. The second kappa shape index (κ2) is 7.56. The van der Waals surface area contributed by atoms with Crippen molar-refractivity contribution in [3.05, 3.63) is 46.7 Å². The van der Waals surface area contributed by atoms with E-state index in [9.17, 15) is 4.79 Å². The molecule has 148 valence electrons. The Morgan fingerprint density at radius 1 is 1.32 bits per heavy atom. The van der Waals surface area contributed by atoms with Crippen molar-refractivity contribution < 1.29 is 19.4 Å². The third kappa shape index (κ3) is 3.77. The number of hydrogen-bond acceptors (Lipinski definition) is 6. The van der Waals surface area contributed by atoms with Crippen LogP contribution in [0.2, 0.25) is 5.02 Å². The van der Waals surface area contributed by atoms with Crippen molar-refractivity contribution in [3.63, 3.8) is 0 Å². The number of carbonyl (C=O) groups is 1. The van der Waals surface area contributed by atoms with Crippen LogP contribution in [-0.2, 0) is 11.3 Å². The molecule has 2 heterocycles. The normalized spacial score (nSPS) is 20.2. The van der Waals surface area contributed by atoms with Crippen molar-refractivity contribution in [2.45, 2.75) is 32.0 Å². The first-order chi connectivity index (χ1) is 13.5. The number of benzene rings is 1. The predicted octanol–water partition coefficient (Wildman–Crippen LogP) is 3.41. The van der Waals surface area contributed by atoms with Crippen LogP contribution in [0.15, 0.2) is 30.6 Å². The zero-order chi connectivity index (χ0) is 19.7. The Balaban J connectivity index is 1.43. The van der Waals surface area contributed by atoms with Gasteiger partial charge in [-0.05, 0) is 37.0 Å². The molecule has 1 aromatic carbocycles. The van der Waals surface area contributed by atoms with Crippen LogP contribution in [0.1, 0.15) is 35.2 Å². The molecule has 8 heteroatoms. The summed E-state index contributed by atoms with van der Waals surface area (Å²) in [4.78, 5) is 21.5. The van der Waals surface area contributed by atoms with Gasteiger partial charge in [-0.2, -0.15) is 0 Å². The minimum absolute atomic E-state index is 0.0740. The van der Waals surface area contributed by atoms with Crippen LogP contribution in [0.4, 0.5) is 5.95 Å². The van der Waals surface area contributed by atoms with Crippen molar-refractivity contribution in [2.75, 3.05) is 25.1 Å². The van der Waals surface area contributed by atoms with E-state index in [0.717, 1.165) is 18.5 Å². The smallest absolute Gasteiger partial charge is 0.338 e. The van der Waals surface area contributed by atoms with Gasteiger partial charge in [-0.1, -0.05) is 17.7 Å². The SMILES string of the molecule is COc1ccc(COC2CN(c3ncc(C(=O)O)cn3)CCC23CC3)cc1Cl. The van der Waals surface area contributed by atoms with E-state index < -0.39 is 5.97 Å². The maximum atomic E-state index is 11.0. The van der Waals surface area contributed by atoms with E-state index in [-0.39, 0.29) is 17.1 Å². The number of halogens is 1. The molecular weight excluding hydrogens is 382 g/mol. The monoisotopic (exact) mass is 403 g/mol. The first kappa shape index (κ1) is 19.0. The number of aromatic nitrogens is 2. The Morgan fingerprint density at radius 3 is 2.68 bits per heavy atom. The minimum Gasteiger partial charge on any atom is -0.495 e. The van der Waals surface area contributed by atoms with Crippen LogP contribution in [0.5, 0.6) is 5.75 Å². The topological polar surface area (TPSA) is 84.8 Å². The van der Waals surface area contributed by atoms with Gasteiger partial charge in [0.05, 0.1) is 30.4 Å². The van der Waals surface area contributed by atoms with Crippen molar-refractivity contribution in [2.24, 2.45) is 5.41 Å². The minimum atomic E-state index is -1.03. The summed E-state index contributed by atoms with van der Waals surface area (Å²) in [7, 11) is 1.59. The lowest BCUT2D eigenvalue weighted by Crippen LogP contribution is -2.47. The fourth-order valence-electron chi connectivity index (χ4n) is 3.74. The largest absolute Gasteiger partial charge is 0.495 e. The molecule has 1 atom stereocenters.